The third-order valence-electron chi connectivity index (χ3n) is 5.73. The Morgan fingerprint density at radius 2 is 1.07 bits per heavy atom. The molecule has 0 fully saturated rings. The monoisotopic (exact) mass is 370 g/mol. The van der Waals surface area contributed by atoms with Crippen LogP contribution >= 0.6 is 0 Å². The van der Waals surface area contributed by atoms with Gasteiger partial charge < -0.3 is 0 Å². The van der Waals surface area contributed by atoms with Crippen LogP contribution in [-0.4, -0.2) is 5.78 Å². The number of benzene rings is 3. The zero-order valence-corrected chi connectivity index (χ0v) is 17.6. The molecule has 1 heteroatoms. The first-order valence-corrected chi connectivity index (χ1v) is 10.1. The molecule has 144 valence electrons. The number of ketones is 1. The third-order valence-corrected chi connectivity index (χ3v) is 5.73. The fraction of sp³-hybridized carbons (Fsp3) is 0.296. The van der Waals surface area contributed by atoms with Crippen molar-refractivity contribution in [3.8, 4) is 0 Å². The van der Waals surface area contributed by atoms with Gasteiger partial charge in [-0.05, 0) is 53.1 Å². The molecule has 0 aliphatic heterocycles. The van der Waals surface area contributed by atoms with Crippen molar-refractivity contribution in [3.63, 3.8) is 0 Å². The van der Waals surface area contributed by atoms with Crippen LogP contribution in [0.3, 0.4) is 0 Å². The second kappa shape index (κ2) is 8.14. The van der Waals surface area contributed by atoms with Gasteiger partial charge in [0.15, 0.2) is 5.78 Å². The van der Waals surface area contributed by atoms with Crippen molar-refractivity contribution in [3.05, 3.63) is 107 Å². The van der Waals surface area contributed by atoms with Gasteiger partial charge in [0.1, 0.15) is 0 Å². The number of hydrogen-bond donors (Lipinski definition) is 0. The Bertz CT molecular complexity index is 871. The van der Waals surface area contributed by atoms with Gasteiger partial charge in [-0.25, -0.2) is 0 Å². The smallest absolute Gasteiger partial charge is 0.177 e. The van der Waals surface area contributed by atoms with Gasteiger partial charge in [0.25, 0.3) is 0 Å². The Hall–Kier alpha value is -2.67. The van der Waals surface area contributed by atoms with Crippen LogP contribution in [0.4, 0.5) is 0 Å². The molecule has 0 spiro atoms. The molecule has 0 radical (unpaired) electrons. The average Bonchev–Trinajstić information content (AvgIpc) is 2.73. The number of hydrogen-bond acceptors (Lipinski definition) is 1. The third kappa shape index (κ3) is 3.80. The molecule has 0 aromatic heterocycles. The second-order valence-electron chi connectivity index (χ2n) is 8.38. The normalized spacial score (nSPS) is 11.8. The Morgan fingerprint density at radius 3 is 1.43 bits per heavy atom. The molecule has 3 aromatic rings. The van der Waals surface area contributed by atoms with Crippen molar-refractivity contribution in [2.24, 2.45) is 0 Å². The molecule has 0 aliphatic carbocycles. The second-order valence-corrected chi connectivity index (χ2v) is 8.38. The van der Waals surface area contributed by atoms with E-state index in [1.54, 1.807) is 0 Å². The predicted molar refractivity (Wildman–Crippen MR) is 118 cm³/mol. The van der Waals surface area contributed by atoms with Gasteiger partial charge in [0, 0.05) is 5.56 Å². The molecule has 0 unspecified atom stereocenters. The highest BCUT2D eigenvalue weighted by molar-refractivity contribution is 6.06. The maximum Gasteiger partial charge on any atom is 0.177 e. The van der Waals surface area contributed by atoms with E-state index in [0.29, 0.717) is 11.8 Å². The van der Waals surface area contributed by atoms with Crippen LogP contribution in [-0.2, 0) is 5.41 Å². The van der Waals surface area contributed by atoms with Gasteiger partial charge in [-0.1, -0.05) is 94.4 Å². The van der Waals surface area contributed by atoms with Crippen LogP contribution in [0.1, 0.15) is 79.1 Å². The van der Waals surface area contributed by atoms with Crippen LogP contribution in [0, 0.1) is 0 Å². The summed E-state index contributed by atoms with van der Waals surface area (Å²) in [6, 6.07) is 26.7. The zero-order chi connectivity index (χ0) is 20.3. The Balaban J connectivity index is 2.21. The van der Waals surface area contributed by atoms with Crippen molar-refractivity contribution >= 4 is 5.78 Å². The highest BCUT2D eigenvalue weighted by atomic mass is 16.1. The first kappa shape index (κ1) is 20.1. The van der Waals surface area contributed by atoms with E-state index in [1.165, 1.54) is 11.1 Å². The number of rotatable bonds is 6. The first-order valence-electron chi connectivity index (χ1n) is 10.1. The van der Waals surface area contributed by atoms with Gasteiger partial charge in [0.2, 0.25) is 0 Å². The lowest BCUT2D eigenvalue weighted by Gasteiger charge is -2.30. The molecule has 3 rings (SSSR count). The maximum absolute atomic E-state index is 14.0. The Morgan fingerprint density at radius 1 is 0.679 bits per heavy atom. The van der Waals surface area contributed by atoms with E-state index >= 15 is 0 Å². The fourth-order valence-corrected chi connectivity index (χ4v) is 3.73. The minimum absolute atomic E-state index is 0.148. The number of carbonyl (C=O) groups is 1. The van der Waals surface area contributed by atoms with E-state index in [9.17, 15) is 4.79 Å². The highest BCUT2D eigenvalue weighted by Crippen LogP contribution is 2.36. The lowest BCUT2D eigenvalue weighted by Crippen LogP contribution is -2.34. The minimum Gasteiger partial charge on any atom is -0.293 e. The van der Waals surface area contributed by atoms with E-state index in [0.717, 1.165) is 16.7 Å². The van der Waals surface area contributed by atoms with E-state index in [4.69, 9.17) is 0 Å². The molecular formula is C27H30O. The molecule has 0 bridgehead atoms. The molecule has 3 aromatic carbocycles. The molecule has 0 saturated carbocycles. The summed E-state index contributed by atoms with van der Waals surface area (Å²) in [5, 5.41) is 0. The van der Waals surface area contributed by atoms with Crippen molar-refractivity contribution in [2.75, 3.05) is 0 Å². The van der Waals surface area contributed by atoms with Gasteiger partial charge in [-0.2, -0.15) is 0 Å². The van der Waals surface area contributed by atoms with E-state index < -0.39 is 5.41 Å². The van der Waals surface area contributed by atoms with Crippen LogP contribution in [0.25, 0.3) is 0 Å². The summed E-state index contributed by atoms with van der Waals surface area (Å²) in [7, 11) is 0. The van der Waals surface area contributed by atoms with E-state index in [-0.39, 0.29) is 5.78 Å². The summed E-state index contributed by atoms with van der Waals surface area (Å²) in [6.07, 6.45) is 0. The number of carbonyl (C=O) groups excluding carboxylic acids is 1. The summed E-state index contributed by atoms with van der Waals surface area (Å²) < 4.78 is 0. The summed E-state index contributed by atoms with van der Waals surface area (Å²) in [5.74, 6) is 0.907. The predicted octanol–water partition coefficient (Wildman–Crippen LogP) is 7.12. The topological polar surface area (TPSA) is 17.1 Å². The quantitative estimate of drug-likeness (QED) is 0.422. The van der Waals surface area contributed by atoms with Crippen LogP contribution in [0.15, 0.2) is 78.9 Å². The van der Waals surface area contributed by atoms with Crippen LogP contribution in [0.2, 0.25) is 0 Å². The average molecular weight is 371 g/mol. The lowest BCUT2D eigenvalue weighted by atomic mass is 9.70. The van der Waals surface area contributed by atoms with Gasteiger partial charge >= 0.3 is 0 Å². The molecule has 0 atom stereocenters. The van der Waals surface area contributed by atoms with Crippen LogP contribution < -0.4 is 0 Å². The van der Waals surface area contributed by atoms with E-state index in [2.05, 4.69) is 77.1 Å². The summed E-state index contributed by atoms with van der Waals surface area (Å²) in [4.78, 5) is 14.0. The molecule has 0 aliphatic rings. The van der Waals surface area contributed by atoms with Crippen LogP contribution in [0.5, 0.6) is 0 Å². The molecular weight excluding hydrogens is 340 g/mol. The fourth-order valence-electron chi connectivity index (χ4n) is 3.73. The SMILES string of the molecule is CC(C)c1cc(C(=O)C(C)(c2ccccc2)c2ccccc2)cc(C(C)C)c1. The standard InChI is InChI=1S/C27H30O/c1-19(2)21-16-22(20(3)4)18-23(17-21)26(28)27(5,24-12-8-6-9-13-24)25-14-10-7-11-15-25/h6-20H,1-5H3. The Labute approximate surface area is 169 Å². The Kier molecular flexibility index (Phi) is 5.84. The molecule has 28 heavy (non-hydrogen) atoms. The summed E-state index contributed by atoms with van der Waals surface area (Å²) in [5.41, 5.74) is 4.55. The summed E-state index contributed by atoms with van der Waals surface area (Å²) in [6.45, 7) is 10.8. The largest absolute Gasteiger partial charge is 0.293 e. The van der Waals surface area contributed by atoms with E-state index in [1.807, 2.05) is 36.4 Å². The first-order chi connectivity index (χ1) is 13.3. The van der Waals surface area contributed by atoms with Gasteiger partial charge in [-0.3, -0.25) is 4.79 Å². The molecule has 0 N–H and O–H groups in total. The summed E-state index contributed by atoms with van der Waals surface area (Å²) >= 11 is 0. The molecule has 1 nitrogen and oxygen atoms in total. The maximum atomic E-state index is 14.0. The highest BCUT2D eigenvalue weighted by Gasteiger charge is 2.37. The van der Waals surface area contributed by atoms with Crippen molar-refractivity contribution < 1.29 is 4.79 Å². The molecule has 0 saturated heterocycles. The molecule has 0 heterocycles. The van der Waals surface area contributed by atoms with Gasteiger partial charge in [-0.15, -0.1) is 0 Å². The van der Waals surface area contributed by atoms with Gasteiger partial charge in [0.05, 0.1) is 5.41 Å². The minimum atomic E-state index is -0.730. The zero-order valence-electron chi connectivity index (χ0n) is 17.6. The molecule has 0 amide bonds. The number of Topliss-reactive ketones (excluding diaryl/α,β-unsaturated/α-hetero) is 1. The van der Waals surface area contributed by atoms with Crippen molar-refractivity contribution in [1.29, 1.82) is 0 Å². The lowest BCUT2D eigenvalue weighted by molar-refractivity contribution is 0.0922. The van der Waals surface area contributed by atoms with Crippen molar-refractivity contribution in [2.45, 2.75) is 51.9 Å². The van der Waals surface area contributed by atoms with Crippen molar-refractivity contribution in [1.82, 2.24) is 0 Å².